The first-order valence-corrected chi connectivity index (χ1v) is 34.9. The van der Waals surface area contributed by atoms with Crippen LogP contribution in [0.3, 0.4) is 0 Å². The first kappa shape index (κ1) is 93.2. The van der Waals surface area contributed by atoms with Gasteiger partial charge in [0.2, 0.25) is 0 Å². The van der Waals surface area contributed by atoms with E-state index >= 15 is 0 Å². The van der Waals surface area contributed by atoms with Crippen LogP contribution in [0.15, 0.2) is 24.3 Å². The van der Waals surface area contributed by atoms with Crippen LogP contribution in [0.1, 0.15) is 326 Å². The van der Waals surface area contributed by atoms with Gasteiger partial charge >= 0.3 is 2.85 Å². The van der Waals surface area contributed by atoms with Gasteiger partial charge in [0.05, 0.1) is 12.2 Å². The lowest BCUT2D eigenvalue weighted by molar-refractivity contribution is -0.133. The van der Waals surface area contributed by atoms with Gasteiger partial charge in [-0.25, -0.2) is 0 Å². The summed E-state index contributed by atoms with van der Waals surface area (Å²) in [6.07, 6.45) is 30.2. The maximum absolute atomic E-state index is 12.1. The summed E-state index contributed by atoms with van der Waals surface area (Å²) < 4.78 is 0. The van der Waals surface area contributed by atoms with E-state index in [0.29, 0.717) is 83.3 Å². The molecule has 90 heavy (non-hydrogen) atoms. The number of carbonyl (C=O) groups excluding carboxylic acids is 8. The second-order valence-electron chi connectivity index (χ2n) is 32.6. The van der Waals surface area contributed by atoms with Gasteiger partial charge in [-0.15, -0.1) is 0 Å². The van der Waals surface area contributed by atoms with Gasteiger partial charge in [0.25, 0.3) is 0 Å². The summed E-state index contributed by atoms with van der Waals surface area (Å²) in [5, 5.41) is 18.6. The average molecular weight is 1270 g/mol. The Labute approximate surface area is 559 Å². The molecular weight excluding hydrogens is 1120 g/mol. The Kier molecular flexibility index (Phi) is 45.2. The van der Waals surface area contributed by atoms with Crippen molar-refractivity contribution in [2.75, 3.05) is 0 Å². The molecule has 10 heteroatoms. The molecule has 14 atom stereocenters. The number of aliphatic hydroxyl groups is 2. The molecule has 10 nitrogen and oxygen atoms in total. The zero-order valence-electron chi connectivity index (χ0n) is 63.8. The zero-order chi connectivity index (χ0) is 68.9. The van der Waals surface area contributed by atoms with Gasteiger partial charge in [0.15, 0.2) is 11.6 Å². The van der Waals surface area contributed by atoms with Crippen LogP contribution >= 0.6 is 0 Å². The minimum atomic E-state index is -0.498. The van der Waals surface area contributed by atoms with E-state index in [9.17, 15) is 39.0 Å². The topological polar surface area (TPSA) is 177 Å². The van der Waals surface area contributed by atoms with Crippen molar-refractivity contribution in [1.29, 1.82) is 0 Å². The van der Waals surface area contributed by atoms with Crippen molar-refractivity contribution < 1.29 is 51.4 Å². The summed E-state index contributed by atoms with van der Waals surface area (Å²) in [5.41, 5.74) is 1.09. The molecular formula is C80H150O10+2. The Bertz CT molecular complexity index is 2010. The van der Waals surface area contributed by atoms with Crippen molar-refractivity contribution in [1.82, 2.24) is 0 Å². The summed E-state index contributed by atoms with van der Waals surface area (Å²) >= 11 is 0. The Morgan fingerprint density at radius 2 is 0.544 bits per heavy atom. The maximum atomic E-state index is 12.1. The van der Waals surface area contributed by atoms with Crippen LogP contribution in [0.5, 0.6) is 0 Å². The van der Waals surface area contributed by atoms with Gasteiger partial charge < -0.3 is 19.8 Å². The van der Waals surface area contributed by atoms with Gasteiger partial charge in [-0.3, -0.25) is 28.8 Å². The average Bonchev–Trinajstić information content (AvgIpc) is 1.01. The number of rotatable bonds is 12. The van der Waals surface area contributed by atoms with Crippen LogP contribution in [-0.2, 0) is 38.4 Å². The SMILES string of the molecule is C.C.CC(=O)[C@@H]1[C@H](C)CCCC1(C)C.CC(=O)[C@H]1[C@H](C)CCCC1(C)C.CC(O)CC(=O)[C@@H]1[C@H](C)CCCC1(C)C.CC(O)CC(=O)[C@H]1[C@H](C)CCCC1(C)C.CC=CC(=O)[C@@H]1[C@H](C)CCCC1(C)C.CC=CC(=O)[C@H]1[C@H](C)CCCC1(C)C.CC=O.CC=O.[H+].[H+]. The molecule has 0 spiro atoms. The fourth-order valence-electron chi connectivity index (χ4n) is 17.9. The number of aldehydes is 2. The van der Waals surface area contributed by atoms with Crippen LogP contribution in [0.4, 0.5) is 0 Å². The van der Waals surface area contributed by atoms with Gasteiger partial charge in [-0.1, -0.05) is 190 Å². The van der Waals surface area contributed by atoms with E-state index in [0.717, 1.165) is 38.3 Å². The van der Waals surface area contributed by atoms with E-state index in [4.69, 9.17) is 9.59 Å². The molecule has 0 bridgehead atoms. The van der Waals surface area contributed by atoms with Crippen molar-refractivity contribution in [2.24, 2.45) is 104 Å². The van der Waals surface area contributed by atoms with Crippen LogP contribution in [0.25, 0.3) is 0 Å². The number of Topliss-reactive ketones (excluding diaryl/α,β-unsaturated/α-hetero) is 4. The molecule has 0 radical (unpaired) electrons. The predicted molar refractivity (Wildman–Crippen MR) is 384 cm³/mol. The third-order valence-electron chi connectivity index (χ3n) is 21.2. The van der Waals surface area contributed by atoms with Crippen LogP contribution in [0.2, 0.25) is 0 Å². The van der Waals surface area contributed by atoms with Crippen molar-refractivity contribution in [3.63, 3.8) is 0 Å². The summed E-state index contributed by atoms with van der Waals surface area (Å²) in [6.45, 7) is 53.4. The maximum Gasteiger partial charge on any atom is 1.00 e. The van der Waals surface area contributed by atoms with Crippen LogP contribution in [-0.4, -0.2) is 69.7 Å². The summed E-state index contributed by atoms with van der Waals surface area (Å²) in [5.74, 6) is 6.46. The second-order valence-corrected chi connectivity index (χ2v) is 32.6. The van der Waals surface area contributed by atoms with E-state index in [1.807, 2.05) is 26.0 Å². The van der Waals surface area contributed by atoms with Crippen LogP contribution < -0.4 is 0 Å². The van der Waals surface area contributed by atoms with E-state index in [1.54, 1.807) is 39.8 Å². The molecule has 0 aromatic rings. The highest BCUT2D eigenvalue weighted by Gasteiger charge is 2.45. The Morgan fingerprint density at radius 1 is 0.378 bits per heavy atom. The van der Waals surface area contributed by atoms with Gasteiger partial charge in [-0.2, -0.15) is 0 Å². The fraction of sp³-hybridized carbons (Fsp3) is 0.850. The molecule has 0 saturated heterocycles. The molecule has 0 aliphatic heterocycles. The normalized spacial score (nSPS) is 30.3. The highest BCUT2D eigenvalue weighted by Crippen LogP contribution is 2.49. The monoisotopic (exact) mass is 1270 g/mol. The smallest absolute Gasteiger partial charge is 0.393 e. The molecule has 528 valence electrons. The highest BCUT2D eigenvalue weighted by atomic mass is 16.3. The first-order chi connectivity index (χ1) is 40.4. The Balaban J connectivity index is -0.000000235. The van der Waals surface area contributed by atoms with Crippen molar-refractivity contribution in [2.45, 2.75) is 335 Å². The molecule has 0 amide bonds. The van der Waals surface area contributed by atoms with Crippen molar-refractivity contribution in [3.8, 4) is 0 Å². The number of hydrogen-bond donors (Lipinski definition) is 2. The molecule has 0 aromatic heterocycles. The van der Waals surface area contributed by atoms with E-state index in [2.05, 4.69) is 125 Å². The van der Waals surface area contributed by atoms with Gasteiger partial charge in [0.1, 0.15) is 35.7 Å². The fourth-order valence-corrected chi connectivity index (χ4v) is 17.9. The molecule has 6 fully saturated rings. The van der Waals surface area contributed by atoms with Crippen molar-refractivity contribution in [3.05, 3.63) is 24.3 Å². The predicted octanol–water partition coefficient (Wildman–Crippen LogP) is 20.7. The number of allylic oxidation sites excluding steroid dienone is 4. The molecule has 6 aliphatic carbocycles. The lowest BCUT2D eigenvalue weighted by atomic mass is 9.62. The standard InChI is InChI=1S/2C13H24O2.2C13H22O.2C11H20O.2C2H4O.2CH4/c2*1-9-6-5-7-13(3,4)12(9)11(15)8-10(2)14;2*1-5-7-11(14)12-10(2)8-6-9-13(12,3)4;2*1-8-6-5-7-11(3,4)10(8)9(2)12;2*1-2-3;;/h2*9-10,12,14H,5-8H2,1-4H3;2*5,7,10,12H,6,8-9H2,1-4H3;2*8,10H,5-7H2,1-4H3;2*2H,1H3;2*1H4/p+2/t9-,10?,12+;9-,10?,12-;10-,12+;10-,12-;8-,10+;8-,10-;;;;/m111111..../s1. The molecule has 0 aromatic carbocycles. The minimum Gasteiger partial charge on any atom is -0.393 e. The second kappa shape index (κ2) is 43.7. The summed E-state index contributed by atoms with van der Waals surface area (Å²) in [4.78, 5) is 88.5. The van der Waals surface area contributed by atoms with Crippen molar-refractivity contribution >= 4 is 47.3 Å². The number of carbonyl (C=O) groups is 8. The molecule has 6 saturated carbocycles. The largest absolute Gasteiger partial charge is 1.00 e. The molecule has 2 unspecified atom stereocenters. The third-order valence-corrected chi connectivity index (χ3v) is 21.2. The summed E-state index contributed by atoms with van der Waals surface area (Å²) in [6, 6.07) is 0. The van der Waals surface area contributed by atoms with Gasteiger partial charge in [-0.05, 0) is 213 Å². The Morgan fingerprint density at radius 3 is 0.678 bits per heavy atom. The molecule has 6 rings (SSSR count). The molecule has 0 heterocycles. The molecule has 6 aliphatic rings. The lowest BCUT2D eigenvalue weighted by Crippen LogP contribution is -2.40. The molecule has 2 N–H and O–H groups in total. The van der Waals surface area contributed by atoms with E-state index in [-0.39, 0.29) is 85.4 Å². The third kappa shape index (κ3) is 31.8. The first-order valence-electron chi connectivity index (χ1n) is 34.9. The lowest BCUT2D eigenvalue weighted by Gasteiger charge is -2.42. The number of hydrogen-bond acceptors (Lipinski definition) is 10. The Hall–Kier alpha value is -3.24. The number of ketones is 6. The minimum absolute atomic E-state index is 0. The summed E-state index contributed by atoms with van der Waals surface area (Å²) in [7, 11) is 0. The van der Waals surface area contributed by atoms with E-state index in [1.165, 1.54) is 104 Å². The number of aliphatic hydroxyl groups excluding tert-OH is 2. The van der Waals surface area contributed by atoms with Gasteiger partial charge in [0, 0.05) is 48.3 Å². The van der Waals surface area contributed by atoms with Crippen LogP contribution in [0, 0.1) is 104 Å². The highest BCUT2D eigenvalue weighted by molar-refractivity contribution is 5.93. The zero-order valence-corrected chi connectivity index (χ0v) is 61.8. The quantitative estimate of drug-likeness (QED) is 0.141. The van der Waals surface area contributed by atoms with E-state index < -0.39 is 12.2 Å².